The van der Waals surface area contributed by atoms with Gasteiger partial charge in [0.15, 0.2) is 11.4 Å². The van der Waals surface area contributed by atoms with Crippen LogP contribution in [0.25, 0.3) is 0 Å². The maximum atomic E-state index is 11.6. The summed E-state index contributed by atoms with van der Waals surface area (Å²) in [4.78, 5) is 10.2. The molecular weight excluding hydrogens is 335 g/mol. The van der Waals surface area contributed by atoms with Crippen LogP contribution in [0.5, 0.6) is 0 Å². The minimum Gasteiger partial charge on any atom is -0.595 e. The number of nitrogens with one attached hydrogen (secondary N) is 2. The van der Waals surface area contributed by atoms with Gasteiger partial charge in [0.25, 0.3) is 0 Å². The van der Waals surface area contributed by atoms with Gasteiger partial charge in [-0.3, -0.25) is 9.09 Å². The van der Waals surface area contributed by atoms with E-state index in [1.807, 2.05) is 0 Å². The van der Waals surface area contributed by atoms with Gasteiger partial charge in [0.1, 0.15) is 5.60 Å². The lowest BCUT2D eigenvalue weighted by atomic mass is 10.1. The van der Waals surface area contributed by atoms with Gasteiger partial charge in [0, 0.05) is 16.8 Å². The molecule has 3 atom stereocenters. The monoisotopic (exact) mass is 350 g/mol. The SMILES string of the molecule is CC1(C)OP(=O)(O)C=C1Sc1ccc([NH+]([O-])O)cc1[NH+]([O-])O. The van der Waals surface area contributed by atoms with E-state index in [0.717, 1.165) is 23.6 Å². The quantitative estimate of drug-likeness (QED) is 0.388. The van der Waals surface area contributed by atoms with Crippen molar-refractivity contribution in [2.45, 2.75) is 24.3 Å². The molecule has 1 aromatic rings. The van der Waals surface area contributed by atoms with Gasteiger partial charge >= 0.3 is 7.60 Å². The summed E-state index contributed by atoms with van der Waals surface area (Å²) < 4.78 is 16.7. The summed E-state index contributed by atoms with van der Waals surface area (Å²) in [6.45, 7) is 3.18. The van der Waals surface area contributed by atoms with Crippen LogP contribution < -0.4 is 10.5 Å². The van der Waals surface area contributed by atoms with Crippen molar-refractivity contribution in [2.24, 2.45) is 0 Å². The highest BCUT2D eigenvalue weighted by molar-refractivity contribution is 8.03. The maximum absolute atomic E-state index is 11.6. The zero-order valence-electron chi connectivity index (χ0n) is 11.6. The van der Waals surface area contributed by atoms with Crippen LogP contribution >= 0.6 is 19.4 Å². The first-order chi connectivity index (χ1) is 10.0. The van der Waals surface area contributed by atoms with E-state index in [1.165, 1.54) is 12.1 Å². The second kappa shape index (κ2) is 6.02. The minimum absolute atomic E-state index is 0.148. The number of hydrogen-bond acceptors (Lipinski definition) is 7. The van der Waals surface area contributed by atoms with Crippen molar-refractivity contribution >= 4 is 30.7 Å². The van der Waals surface area contributed by atoms with Gasteiger partial charge < -0.3 is 15.3 Å². The van der Waals surface area contributed by atoms with Crippen molar-refractivity contribution in [3.63, 3.8) is 0 Å². The van der Waals surface area contributed by atoms with Crippen LogP contribution in [0.4, 0.5) is 11.4 Å². The lowest BCUT2D eigenvalue weighted by Gasteiger charge is -2.23. The van der Waals surface area contributed by atoms with Crippen LogP contribution in [0, 0.1) is 10.4 Å². The smallest absolute Gasteiger partial charge is 0.353 e. The fraction of sp³-hybridized carbons (Fsp3) is 0.273. The van der Waals surface area contributed by atoms with Gasteiger partial charge in [-0.25, -0.2) is 10.4 Å². The number of rotatable bonds is 4. The van der Waals surface area contributed by atoms with Crippen molar-refractivity contribution in [3.05, 3.63) is 39.3 Å². The predicted octanol–water partition coefficient (Wildman–Crippen LogP) is 0.421. The van der Waals surface area contributed by atoms with E-state index < -0.39 is 23.6 Å². The van der Waals surface area contributed by atoms with Gasteiger partial charge in [-0.2, -0.15) is 10.5 Å². The third kappa shape index (κ3) is 3.76. The molecule has 0 fully saturated rings. The van der Waals surface area contributed by atoms with E-state index in [0.29, 0.717) is 4.91 Å². The Morgan fingerprint density at radius 2 is 1.91 bits per heavy atom. The Labute approximate surface area is 130 Å². The molecule has 122 valence electrons. The Bertz CT molecular complexity index is 662. The third-order valence-electron chi connectivity index (χ3n) is 2.91. The number of hydrogen-bond donors (Lipinski definition) is 5. The molecule has 1 aliphatic heterocycles. The van der Waals surface area contributed by atoms with Crippen LogP contribution in [0.1, 0.15) is 13.8 Å². The summed E-state index contributed by atoms with van der Waals surface area (Å²) in [5.41, 5.74) is -1.37. The maximum Gasteiger partial charge on any atom is 0.353 e. The summed E-state index contributed by atoms with van der Waals surface area (Å²) in [5.74, 6) is 1.08. The average Bonchev–Trinajstić information content (AvgIpc) is 2.56. The molecule has 0 aromatic heterocycles. The fourth-order valence-electron chi connectivity index (χ4n) is 1.89. The summed E-state index contributed by atoms with van der Waals surface area (Å²) in [6, 6.07) is 3.68. The molecule has 1 aromatic carbocycles. The minimum atomic E-state index is -3.85. The van der Waals surface area contributed by atoms with E-state index in [1.54, 1.807) is 13.8 Å². The fourth-order valence-corrected chi connectivity index (χ4v) is 4.89. The number of thioether (sulfide) groups is 1. The van der Waals surface area contributed by atoms with Gasteiger partial charge in [-0.1, -0.05) is 11.8 Å². The highest BCUT2D eigenvalue weighted by atomic mass is 32.2. The standard InChI is InChI=1S/C11H15N2O7PS/c1-11(2)10(6-21(18,19)20-11)22-9-4-3-7(12(14)15)5-8(9)13(16)17/h3-6,12-14,16H,1-2H3,(H,18,19). The molecule has 1 aliphatic rings. The zero-order valence-corrected chi connectivity index (χ0v) is 13.4. The van der Waals surface area contributed by atoms with Crippen LogP contribution in [-0.2, 0) is 9.09 Å². The zero-order chi connectivity index (χ0) is 16.7. The van der Waals surface area contributed by atoms with Crippen molar-refractivity contribution in [3.8, 4) is 0 Å². The van der Waals surface area contributed by atoms with Crippen molar-refractivity contribution in [1.29, 1.82) is 0 Å². The van der Waals surface area contributed by atoms with Gasteiger partial charge in [-0.15, -0.1) is 0 Å². The van der Waals surface area contributed by atoms with Crippen LogP contribution in [-0.4, -0.2) is 20.9 Å². The van der Waals surface area contributed by atoms with Crippen LogP contribution in [0.3, 0.4) is 0 Å². The molecule has 9 nitrogen and oxygen atoms in total. The molecule has 22 heavy (non-hydrogen) atoms. The molecule has 1 heterocycles. The van der Waals surface area contributed by atoms with E-state index >= 15 is 0 Å². The molecule has 2 rings (SSSR count). The highest BCUT2D eigenvalue weighted by Crippen LogP contribution is 2.60. The molecule has 5 N–H and O–H groups in total. The first-order valence-electron chi connectivity index (χ1n) is 6.07. The van der Waals surface area contributed by atoms with Crippen molar-refractivity contribution in [1.82, 2.24) is 0 Å². The molecule has 11 heteroatoms. The molecule has 0 saturated heterocycles. The number of benzene rings is 1. The molecule has 0 spiro atoms. The van der Waals surface area contributed by atoms with Crippen LogP contribution in [0.2, 0.25) is 0 Å². The second-order valence-electron chi connectivity index (χ2n) is 5.08. The Kier molecular flexibility index (Phi) is 4.81. The molecule has 0 saturated carbocycles. The topological polar surface area (TPSA) is 142 Å². The Morgan fingerprint density at radius 3 is 2.36 bits per heavy atom. The Balaban J connectivity index is 2.40. The molecule has 3 unspecified atom stereocenters. The van der Waals surface area contributed by atoms with E-state index in [9.17, 15) is 25.1 Å². The van der Waals surface area contributed by atoms with E-state index in [-0.39, 0.29) is 16.3 Å². The average molecular weight is 350 g/mol. The largest absolute Gasteiger partial charge is 0.595 e. The number of quaternary nitrogens is 2. The van der Waals surface area contributed by atoms with Gasteiger partial charge in [0.05, 0.1) is 11.0 Å². The molecule has 0 bridgehead atoms. The first kappa shape index (κ1) is 17.6. The lowest BCUT2D eigenvalue weighted by molar-refractivity contribution is -0.997. The summed E-state index contributed by atoms with van der Waals surface area (Å²) in [6.07, 6.45) is 0. The predicted molar refractivity (Wildman–Crippen MR) is 76.9 cm³/mol. The van der Waals surface area contributed by atoms with E-state index in [4.69, 9.17) is 9.73 Å². The lowest BCUT2D eigenvalue weighted by Crippen LogP contribution is -3.01. The molecule has 0 radical (unpaired) electrons. The summed E-state index contributed by atoms with van der Waals surface area (Å²) in [7, 11) is -3.85. The molecule has 0 amide bonds. The molecular formula is C11H15N2O7PS. The van der Waals surface area contributed by atoms with Crippen molar-refractivity contribution in [2.75, 3.05) is 0 Å². The summed E-state index contributed by atoms with van der Waals surface area (Å²) in [5, 5.41) is 37.8. The van der Waals surface area contributed by atoms with Gasteiger partial charge in [0.2, 0.25) is 0 Å². The Hall–Kier alpha value is -0.780. The van der Waals surface area contributed by atoms with Crippen molar-refractivity contribution < 1.29 is 34.8 Å². The third-order valence-corrected chi connectivity index (χ3v) is 5.79. The Morgan fingerprint density at radius 1 is 1.27 bits per heavy atom. The van der Waals surface area contributed by atoms with E-state index in [2.05, 4.69) is 0 Å². The molecule has 0 aliphatic carbocycles. The first-order valence-corrected chi connectivity index (χ1v) is 8.53. The summed E-state index contributed by atoms with van der Waals surface area (Å²) >= 11 is 0.966. The van der Waals surface area contributed by atoms with Gasteiger partial charge in [-0.05, 0) is 19.9 Å². The van der Waals surface area contributed by atoms with Crippen LogP contribution in [0.15, 0.2) is 33.8 Å². The highest BCUT2D eigenvalue weighted by Gasteiger charge is 2.41. The second-order valence-corrected chi connectivity index (χ2v) is 7.74. The normalized spacial score (nSPS) is 26.6.